The minimum Gasteiger partial charge on any atom is -0.459 e. The van der Waals surface area contributed by atoms with Crippen molar-refractivity contribution in [2.45, 2.75) is 25.3 Å². The zero-order valence-electron chi connectivity index (χ0n) is 15.9. The molecular formula is C20H23F2N3O3. The fourth-order valence-electron chi connectivity index (χ4n) is 3.30. The summed E-state index contributed by atoms with van der Waals surface area (Å²) in [5, 5.41) is 2.32. The van der Waals surface area contributed by atoms with Crippen molar-refractivity contribution in [2.24, 2.45) is 0 Å². The fraction of sp³-hybridized carbons (Fsp3) is 0.400. The Morgan fingerprint density at radius 3 is 2.68 bits per heavy atom. The van der Waals surface area contributed by atoms with Gasteiger partial charge in [0.15, 0.2) is 5.76 Å². The van der Waals surface area contributed by atoms with E-state index in [2.05, 4.69) is 5.32 Å². The topological polar surface area (TPSA) is 65.8 Å². The summed E-state index contributed by atoms with van der Waals surface area (Å²) in [6.07, 6.45) is 4.06. The fourth-order valence-corrected chi connectivity index (χ4v) is 3.30. The molecule has 0 saturated carbocycles. The average molecular weight is 391 g/mol. The van der Waals surface area contributed by atoms with Crippen molar-refractivity contribution in [3.8, 4) is 0 Å². The molecule has 8 heteroatoms. The molecule has 28 heavy (non-hydrogen) atoms. The summed E-state index contributed by atoms with van der Waals surface area (Å²) >= 11 is 0. The summed E-state index contributed by atoms with van der Waals surface area (Å²) in [6.45, 7) is 0.977. The molecule has 1 unspecified atom stereocenters. The standard InChI is InChI=1S/C20H23F2N3O3/c1-24(2)13-6-3-4-8-25(12-13)20(27)14-10-17(16(22)11-15(14)21)23-19(26)18-7-5-9-28-18/h5,7,9-11,13H,3-4,6,8,12H2,1-2H3,(H,23,26). The zero-order chi connectivity index (χ0) is 20.3. The van der Waals surface area contributed by atoms with E-state index < -0.39 is 23.4 Å². The van der Waals surface area contributed by atoms with Gasteiger partial charge in [0.05, 0.1) is 17.5 Å². The van der Waals surface area contributed by atoms with Crippen molar-refractivity contribution < 1.29 is 22.8 Å². The molecule has 150 valence electrons. The van der Waals surface area contributed by atoms with Gasteiger partial charge in [-0.15, -0.1) is 0 Å². The summed E-state index contributed by atoms with van der Waals surface area (Å²) in [7, 11) is 3.89. The predicted octanol–water partition coefficient (Wildman–Crippen LogP) is 3.37. The van der Waals surface area contributed by atoms with Gasteiger partial charge in [0.2, 0.25) is 0 Å². The van der Waals surface area contributed by atoms with E-state index in [0.29, 0.717) is 19.2 Å². The van der Waals surface area contributed by atoms with Crippen LogP contribution in [0.15, 0.2) is 34.9 Å². The normalized spacial score (nSPS) is 17.5. The first-order chi connectivity index (χ1) is 13.4. The lowest BCUT2D eigenvalue weighted by Crippen LogP contribution is -2.42. The summed E-state index contributed by atoms with van der Waals surface area (Å²) in [4.78, 5) is 28.7. The number of likely N-dealkylation sites (tertiary alicyclic amines) is 1. The number of amides is 2. The lowest BCUT2D eigenvalue weighted by atomic mass is 10.1. The van der Waals surface area contributed by atoms with Crippen molar-refractivity contribution in [3.05, 3.63) is 53.5 Å². The van der Waals surface area contributed by atoms with E-state index in [1.165, 1.54) is 18.4 Å². The molecule has 2 aromatic rings. The van der Waals surface area contributed by atoms with Gasteiger partial charge < -0.3 is 19.5 Å². The molecule has 0 bridgehead atoms. The van der Waals surface area contributed by atoms with E-state index in [1.54, 1.807) is 4.90 Å². The summed E-state index contributed by atoms with van der Waals surface area (Å²) < 4.78 is 33.5. The zero-order valence-corrected chi connectivity index (χ0v) is 15.9. The first-order valence-corrected chi connectivity index (χ1v) is 9.16. The molecule has 1 fully saturated rings. The van der Waals surface area contributed by atoms with Crippen LogP contribution in [0.2, 0.25) is 0 Å². The number of benzene rings is 1. The second-order valence-electron chi connectivity index (χ2n) is 7.11. The van der Waals surface area contributed by atoms with Gasteiger partial charge in [0, 0.05) is 25.2 Å². The highest BCUT2D eigenvalue weighted by Crippen LogP contribution is 2.23. The largest absolute Gasteiger partial charge is 0.459 e. The molecule has 1 N–H and O–H groups in total. The average Bonchev–Trinajstić information content (AvgIpc) is 3.07. The third-order valence-corrected chi connectivity index (χ3v) is 4.94. The summed E-state index contributed by atoms with van der Waals surface area (Å²) in [5.74, 6) is -3.13. The Kier molecular flexibility index (Phi) is 6.08. The van der Waals surface area contributed by atoms with E-state index in [0.717, 1.165) is 25.3 Å². The van der Waals surface area contributed by atoms with Crippen LogP contribution >= 0.6 is 0 Å². The maximum atomic E-state index is 14.4. The van der Waals surface area contributed by atoms with Gasteiger partial charge >= 0.3 is 0 Å². The molecule has 1 aliphatic rings. The Hall–Kier alpha value is -2.74. The molecule has 1 atom stereocenters. The van der Waals surface area contributed by atoms with E-state index in [1.807, 2.05) is 19.0 Å². The van der Waals surface area contributed by atoms with Crippen molar-refractivity contribution >= 4 is 17.5 Å². The number of carbonyl (C=O) groups excluding carboxylic acids is 2. The molecule has 2 heterocycles. The van der Waals surface area contributed by atoms with Crippen molar-refractivity contribution in [3.63, 3.8) is 0 Å². The first kappa shape index (κ1) is 20.0. The second-order valence-corrected chi connectivity index (χ2v) is 7.11. The van der Waals surface area contributed by atoms with E-state index in [9.17, 15) is 18.4 Å². The molecule has 6 nitrogen and oxygen atoms in total. The van der Waals surface area contributed by atoms with E-state index in [-0.39, 0.29) is 23.1 Å². The van der Waals surface area contributed by atoms with E-state index >= 15 is 0 Å². The minimum atomic E-state index is -0.962. The predicted molar refractivity (Wildman–Crippen MR) is 100 cm³/mol. The van der Waals surface area contributed by atoms with Crippen molar-refractivity contribution in [1.82, 2.24) is 9.80 Å². The first-order valence-electron chi connectivity index (χ1n) is 9.16. The molecule has 0 spiro atoms. The number of anilines is 1. The van der Waals surface area contributed by atoms with E-state index in [4.69, 9.17) is 4.42 Å². The van der Waals surface area contributed by atoms with Crippen LogP contribution in [-0.2, 0) is 0 Å². The van der Waals surface area contributed by atoms with Gasteiger partial charge in [-0.2, -0.15) is 0 Å². The van der Waals surface area contributed by atoms with Gasteiger partial charge in [0.25, 0.3) is 11.8 Å². The number of likely N-dealkylation sites (N-methyl/N-ethyl adjacent to an activating group) is 1. The van der Waals surface area contributed by atoms with Crippen LogP contribution in [0.3, 0.4) is 0 Å². The molecule has 0 aliphatic carbocycles. The highest BCUT2D eigenvalue weighted by molar-refractivity contribution is 6.03. The third-order valence-electron chi connectivity index (χ3n) is 4.94. The molecule has 1 saturated heterocycles. The van der Waals surface area contributed by atoms with Gasteiger partial charge in [-0.25, -0.2) is 8.78 Å². The number of furan rings is 1. The molecule has 1 aliphatic heterocycles. The van der Waals surface area contributed by atoms with Crippen molar-refractivity contribution in [1.29, 1.82) is 0 Å². The van der Waals surface area contributed by atoms with Gasteiger partial charge in [-0.3, -0.25) is 9.59 Å². The summed E-state index contributed by atoms with van der Waals surface area (Å²) in [6, 6.07) is 4.77. The lowest BCUT2D eigenvalue weighted by molar-refractivity contribution is 0.0720. The molecular weight excluding hydrogens is 368 g/mol. The Balaban J connectivity index is 1.84. The van der Waals surface area contributed by atoms with Crippen LogP contribution in [0.25, 0.3) is 0 Å². The van der Waals surface area contributed by atoms with Crippen LogP contribution in [0.1, 0.15) is 40.2 Å². The Morgan fingerprint density at radius 1 is 1.21 bits per heavy atom. The number of nitrogens with zero attached hydrogens (tertiary/aromatic N) is 2. The molecule has 1 aromatic heterocycles. The van der Waals surface area contributed by atoms with Gasteiger partial charge in [-0.05, 0) is 45.1 Å². The minimum absolute atomic E-state index is 0.0158. The van der Waals surface area contributed by atoms with Crippen LogP contribution in [-0.4, -0.2) is 54.8 Å². The monoisotopic (exact) mass is 391 g/mol. The van der Waals surface area contributed by atoms with Gasteiger partial charge in [-0.1, -0.05) is 6.42 Å². The van der Waals surface area contributed by atoms with Crippen LogP contribution < -0.4 is 5.32 Å². The SMILES string of the molecule is CN(C)C1CCCCN(C(=O)c2cc(NC(=O)c3ccco3)c(F)cc2F)C1. The number of carbonyl (C=O) groups is 2. The smallest absolute Gasteiger partial charge is 0.291 e. The maximum absolute atomic E-state index is 14.4. The van der Waals surface area contributed by atoms with Crippen LogP contribution in [0, 0.1) is 11.6 Å². The van der Waals surface area contributed by atoms with Crippen molar-refractivity contribution in [2.75, 3.05) is 32.5 Å². The highest BCUT2D eigenvalue weighted by atomic mass is 19.1. The summed E-state index contributed by atoms with van der Waals surface area (Å²) in [5.41, 5.74) is -0.541. The molecule has 0 radical (unpaired) electrons. The molecule has 3 rings (SSSR count). The van der Waals surface area contributed by atoms with Gasteiger partial charge in [0.1, 0.15) is 11.6 Å². The Labute approximate surface area is 162 Å². The number of hydrogen-bond acceptors (Lipinski definition) is 4. The number of halogens is 2. The third kappa shape index (κ3) is 4.39. The molecule has 2 amide bonds. The second kappa shape index (κ2) is 8.52. The Bertz CT molecular complexity index is 853. The highest BCUT2D eigenvalue weighted by Gasteiger charge is 2.27. The maximum Gasteiger partial charge on any atom is 0.291 e. The lowest BCUT2D eigenvalue weighted by Gasteiger charge is -2.28. The number of rotatable bonds is 4. The quantitative estimate of drug-likeness (QED) is 0.868. The number of nitrogens with one attached hydrogen (secondary N) is 1. The Morgan fingerprint density at radius 2 is 2.00 bits per heavy atom. The van der Waals surface area contributed by atoms with Crippen LogP contribution in [0.5, 0.6) is 0 Å². The molecule has 1 aromatic carbocycles. The number of hydrogen-bond donors (Lipinski definition) is 1. The van der Waals surface area contributed by atoms with Crippen LogP contribution in [0.4, 0.5) is 14.5 Å².